The van der Waals surface area contributed by atoms with Crippen molar-refractivity contribution in [3.05, 3.63) is 47.3 Å². The average molecular weight is 499 g/mol. The molecule has 1 aromatic carbocycles. The summed E-state index contributed by atoms with van der Waals surface area (Å²) < 4.78 is 7.57. The van der Waals surface area contributed by atoms with E-state index in [1.165, 1.54) is 0 Å². The normalized spacial score (nSPS) is 11.4. The van der Waals surface area contributed by atoms with Gasteiger partial charge >= 0.3 is 0 Å². The Kier molecular flexibility index (Phi) is 11.1. The maximum Gasteiger partial charge on any atom is 0.191 e. The summed E-state index contributed by atoms with van der Waals surface area (Å²) in [5, 5.41) is 11.3. The molecule has 28 heavy (non-hydrogen) atoms. The van der Waals surface area contributed by atoms with Crippen LogP contribution in [0.1, 0.15) is 44.1 Å². The number of ether oxygens (including phenoxy) is 1. The van der Waals surface area contributed by atoms with Gasteiger partial charge in [0.2, 0.25) is 0 Å². The molecule has 6 nitrogen and oxygen atoms in total. The molecule has 0 aliphatic carbocycles. The molecule has 0 fully saturated rings. The third kappa shape index (κ3) is 7.79. The molecule has 0 saturated heterocycles. The summed E-state index contributed by atoms with van der Waals surface area (Å²) in [7, 11) is 0. The van der Waals surface area contributed by atoms with Gasteiger partial charge in [-0.15, -0.1) is 24.0 Å². The summed E-state index contributed by atoms with van der Waals surface area (Å²) in [6.07, 6.45) is 1.23. The molecule has 0 unspecified atom stereocenters. The van der Waals surface area contributed by atoms with Gasteiger partial charge in [0.25, 0.3) is 0 Å². The summed E-state index contributed by atoms with van der Waals surface area (Å²) in [6.45, 7) is 13.3. The van der Waals surface area contributed by atoms with Crippen molar-refractivity contribution in [2.75, 3.05) is 19.7 Å². The van der Waals surface area contributed by atoms with Crippen molar-refractivity contribution >= 4 is 29.9 Å². The molecule has 0 aliphatic heterocycles. The fourth-order valence-electron chi connectivity index (χ4n) is 2.83. The van der Waals surface area contributed by atoms with Gasteiger partial charge in [0.1, 0.15) is 0 Å². The van der Waals surface area contributed by atoms with E-state index >= 15 is 0 Å². The fourth-order valence-corrected chi connectivity index (χ4v) is 2.83. The Hall–Kier alpha value is -1.61. The highest BCUT2D eigenvalue weighted by Gasteiger charge is 2.08. The number of halogens is 1. The smallest absolute Gasteiger partial charge is 0.191 e. The van der Waals surface area contributed by atoms with Crippen LogP contribution in [0.25, 0.3) is 5.69 Å². The molecule has 2 rings (SSSR count). The maximum atomic E-state index is 5.58. The van der Waals surface area contributed by atoms with Gasteiger partial charge in [-0.2, -0.15) is 5.10 Å². The van der Waals surface area contributed by atoms with Gasteiger partial charge in [-0.1, -0.05) is 18.2 Å². The lowest BCUT2D eigenvalue weighted by atomic mass is 10.2. The summed E-state index contributed by atoms with van der Waals surface area (Å²) in [5.74, 6) is 0.824. The highest BCUT2D eigenvalue weighted by atomic mass is 127. The van der Waals surface area contributed by atoms with E-state index in [-0.39, 0.29) is 30.1 Å². The Morgan fingerprint density at radius 1 is 1.21 bits per heavy atom. The Balaban J connectivity index is 0.00000392. The first kappa shape index (κ1) is 24.4. The van der Waals surface area contributed by atoms with Crippen LogP contribution in [0.3, 0.4) is 0 Å². The van der Waals surface area contributed by atoms with E-state index in [0.29, 0.717) is 6.54 Å². The molecule has 2 N–H and O–H groups in total. The number of para-hydroxylation sites is 1. The van der Waals surface area contributed by atoms with Crippen molar-refractivity contribution in [1.82, 2.24) is 20.4 Å². The van der Waals surface area contributed by atoms with Crippen LogP contribution < -0.4 is 10.6 Å². The number of guanidine groups is 1. The number of aliphatic imine (C=N–C) groups is 1. The number of nitrogens with one attached hydrogen (secondary N) is 2. The molecule has 1 aromatic heterocycles. The molecule has 0 atom stereocenters. The van der Waals surface area contributed by atoms with Gasteiger partial charge in [0, 0.05) is 25.4 Å². The molecule has 2 aromatic rings. The molecule has 0 aliphatic rings. The summed E-state index contributed by atoms with van der Waals surface area (Å²) in [4.78, 5) is 4.75. The van der Waals surface area contributed by atoms with Crippen molar-refractivity contribution in [2.24, 2.45) is 4.99 Å². The SMILES string of the molecule is CCNC(=NCc1ccccc1-n1nc(C)cc1C)NCCCOC(C)C.I. The van der Waals surface area contributed by atoms with E-state index in [1.54, 1.807) is 0 Å². The number of hydrogen-bond donors (Lipinski definition) is 2. The van der Waals surface area contributed by atoms with Gasteiger partial charge in [-0.25, -0.2) is 9.67 Å². The third-order valence-electron chi connectivity index (χ3n) is 4.05. The molecular formula is C21H34IN5O. The number of nitrogens with zero attached hydrogens (tertiary/aromatic N) is 3. The van der Waals surface area contributed by atoms with Crippen LogP contribution in [-0.2, 0) is 11.3 Å². The Labute approximate surface area is 186 Å². The van der Waals surface area contributed by atoms with Crippen LogP contribution in [0.4, 0.5) is 0 Å². The number of hydrogen-bond acceptors (Lipinski definition) is 3. The first-order valence-electron chi connectivity index (χ1n) is 9.76. The van der Waals surface area contributed by atoms with E-state index in [2.05, 4.69) is 61.6 Å². The van der Waals surface area contributed by atoms with Crippen molar-refractivity contribution in [1.29, 1.82) is 0 Å². The zero-order chi connectivity index (χ0) is 19.6. The van der Waals surface area contributed by atoms with Crippen molar-refractivity contribution in [2.45, 2.75) is 53.7 Å². The number of benzene rings is 1. The van der Waals surface area contributed by atoms with Crippen LogP contribution in [0.15, 0.2) is 35.3 Å². The molecule has 156 valence electrons. The Bertz CT molecular complexity index is 742. The van der Waals surface area contributed by atoms with Crippen LogP contribution in [0.2, 0.25) is 0 Å². The number of aryl methyl sites for hydroxylation is 2. The predicted octanol–water partition coefficient (Wildman–Crippen LogP) is 3.98. The van der Waals surface area contributed by atoms with Crippen molar-refractivity contribution < 1.29 is 4.74 Å². The fraction of sp³-hybridized carbons (Fsp3) is 0.524. The van der Waals surface area contributed by atoms with Gasteiger partial charge in [-0.05, 0) is 58.7 Å². The minimum Gasteiger partial charge on any atom is -0.379 e. The van der Waals surface area contributed by atoms with E-state index < -0.39 is 0 Å². The molecule has 7 heteroatoms. The minimum absolute atomic E-state index is 0. The third-order valence-corrected chi connectivity index (χ3v) is 4.05. The van der Waals surface area contributed by atoms with E-state index in [4.69, 9.17) is 9.73 Å². The van der Waals surface area contributed by atoms with Gasteiger partial charge in [-0.3, -0.25) is 0 Å². The molecule has 1 heterocycles. The average Bonchev–Trinajstić information content (AvgIpc) is 2.97. The lowest BCUT2D eigenvalue weighted by Crippen LogP contribution is -2.38. The molecule has 0 amide bonds. The van der Waals surface area contributed by atoms with Crippen LogP contribution >= 0.6 is 24.0 Å². The van der Waals surface area contributed by atoms with Crippen molar-refractivity contribution in [3.63, 3.8) is 0 Å². The lowest BCUT2D eigenvalue weighted by Gasteiger charge is -2.13. The largest absolute Gasteiger partial charge is 0.379 e. The van der Waals surface area contributed by atoms with E-state index in [9.17, 15) is 0 Å². The topological polar surface area (TPSA) is 63.5 Å². The van der Waals surface area contributed by atoms with Gasteiger partial charge in [0.05, 0.1) is 24.0 Å². The van der Waals surface area contributed by atoms with E-state index in [0.717, 1.165) is 54.7 Å². The predicted molar refractivity (Wildman–Crippen MR) is 127 cm³/mol. The molecular weight excluding hydrogens is 465 g/mol. The molecule has 0 bridgehead atoms. The van der Waals surface area contributed by atoms with Crippen molar-refractivity contribution in [3.8, 4) is 5.69 Å². The first-order chi connectivity index (χ1) is 13.0. The van der Waals surface area contributed by atoms with Crippen LogP contribution in [0, 0.1) is 13.8 Å². The Morgan fingerprint density at radius 3 is 2.61 bits per heavy atom. The monoisotopic (exact) mass is 499 g/mol. The van der Waals surface area contributed by atoms with Crippen LogP contribution in [-0.4, -0.2) is 41.5 Å². The summed E-state index contributed by atoms with van der Waals surface area (Å²) >= 11 is 0. The zero-order valence-electron chi connectivity index (χ0n) is 17.7. The summed E-state index contributed by atoms with van der Waals surface area (Å²) in [5.41, 5.74) is 4.36. The first-order valence-corrected chi connectivity index (χ1v) is 9.76. The Morgan fingerprint density at radius 2 is 1.96 bits per heavy atom. The number of aromatic nitrogens is 2. The quantitative estimate of drug-likeness (QED) is 0.237. The second-order valence-corrected chi connectivity index (χ2v) is 6.86. The lowest BCUT2D eigenvalue weighted by molar-refractivity contribution is 0.0776. The zero-order valence-corrected chi connectivity index (χ0v) is 20.0. The minimum atomic E-state index is 0. The van der Waals surface area contributed by atoms with Gasteiger partial charge < -0.3 is 15.4 Å². The highest BCUT2D eigenvalue weighted by Crippen LogP contribution is 2.17. The second kappa shape index (κ2) is 12.8. The maximum absolute atomic E-state index is 5.58. The van der Waals surface area contributed by atoms with Gasteiger partial charge in [0.15, 0.2) is 5.96 Å². The molecule has 0 radical (unpaired) electrons. The van der Waals surface area contributed by atoms with E-state index in [1.807, 2.05) is 23.7 Å². The number of rotatable bonds is 9. The molecule has 0 saturated carbocycles. The highest BCUT2D eigenvalue weighted by molar-refractivity contribution is 14.0. The second-order valence-electron chi connectivity index (χ2n) is 6.86. The molecule has 0 spiro atoms. The standard InChI is InChI=1S/C21H33N5O.HI/c1-6-22-21(23-12-9-13-27-16(2)3)24-15-19-10-7-8-11-20(19)26-18(5)14-17(4)25-26;/h7-8,10-11,14,16H,6,9,12-13,15H2,1-5H3,(H2,22,23,24);1H. The van der Waals surface area contributed by atoms with Crippen LogP contribution in [0.5, 0.6) is 0 Å². The summed E-state index contributed by atoms with van der Waals surface area (Å²) in [6, 6.07) is 10.4.